The Morgan fingerprint density at radius 2 is 2.30 bits per heavy atom. The summed E-state index contributed by atoms with van der Waals surface area (Å²) in [6.45, 7) is 3.20. The summed E-state index contributed by atoms with van der Waals surface area (Å²) in [4.78, 5) is 2.32. The van der Waals surface area contributed by atoms with E-state index in [2.05, 4.69) is 10.1 Å². The van der Waals surface area contributed by atoms with Crippen LogP contribution in [0.4, 0.5) is 5.69 Å². The lowest BCUT2D eigenvalue weighted by Crippen LogP contribution is -2.31. The number of hydrogen-bond acceptors (Lipinski definition) is 4. The number of nitrogens with two attached hydrogens (primary N) is 1. The number of oxime groups is 1. The van der Waals surface area contributed by atoms with Gasteiger partial charge in [-0.3, -0.25) is 0 Å². The third kappa shape index (κ3) is 3.04. The highest BCUT2D eigenvalue weighted by Crippen LogP contribution is 2.31. The highest BCUT2D eigenvalue weighted by Gasteiger charge is 2.26. The summed E-state index contributed by atoms with van der Waals surface area (Å²) >= 11 is 0. The van der Waals surface area contributed by atoms with Crippen LogP contribution in [0, 0.1) is 6.92 Å². The van der Waals surface area contributed by atoms with Crippen LogP contribution in [0.2, 0.25) is 0 Å². The van der Waals surface area contributed by atoms with E-state index in [4.69, 9.17) is 16.0 Å². The van der Waals surface area contributed by atoms with E-state index in [1.54, 1.807) is 0 Å². The van der Waals surface area contributed by atoms with E-state index in [0.29, 0.717) is 6.04 Å². The summed E-state index contributed by atoms with van der Waals surface area (Å²) in [6, 6.07) is 6.46. The first kappa shape index (κ1) is 14.7. The fourth-order valence-corrected chi connectivity index (χ4v) is 2.94. The van der Waals surface area contributed by atoms with Crippen molar-refractivity contribution >= 4 is 11.5 Å². The number of hydrogen-bond donors (Lipinski definition) is 3. The molecule has 1 unspecified atom stereocenters. The van der Waals surface area contributed by atoms with Crippen molar-refractivity contribution in [2.24, 2.45) is 10.9 Å². The van der Waals surface area contributed by atoms with E-state index in [1.165, 1.54) is 0 Å². The maximum atomic E-state index is 9.01. The quantitative estimate of drug-likeness (QED) is 0.332. The first-order valence-corrected chi connectivity index (χ1v) is 7.13. The number of amidine groups is 1. The minimum Gasteiger partial charge on any atom is -0.409 e. The minimum atomic E-state index is 0.150. The van der Waals surface area contributed by atoms with Crippen molar-refractivity contribution in [3.05, 3.63) is 29.3 Å². The zero-order valence-corrected chi connectivity index (χ0v) is 11.9. The summed E-state index contributed by atoms with van der Waals surface area (Å²) in [5.74, 6) is 0.150. The molecule has 5 heteroatoms. The molecule has 0 radical (unpaired) electrons. The average molecular weight is 277 g/mol. The molecule has 5 nitrogen and oxygen atoms in total. The lowest BCUT2D eigenvalue weighted by Gasteiger charge is -2.29. The molecular formula is C15H23N3O2. The second kappa shape index (κ2) is 6.61. The molecule has 0 aromatic heterocycles. The van der Waals surface area contributed by atoms with Crippen LogP contribution in [0.25, 0.3) is 0 Å². The Morgan fingerprint density at radius 1 is 1.50 bits per heavy atom. The molecule has 2 rings (SSSR count). The zero-order valence-electron chi connectivity index (χ0n) is 11.9. The van der Waals surface area contributed by atoms with Gasteiger partial charge in [-0.1, -0.05) is 16.8 Å². The van der Waals surface area contributed by atoms with Gasteiger partial charge in [-0.25, -0.2) is 0 Å². The first-order chi connectivity index (χ1) is 9.67. The van der Waals surface area contributed by atoms with Crippen LogP contribution >= 0.6 is 0 Å². The standard InChI is InChI=1S/C15H23N3O2/c1-11-6-7-14(13(10-11)15(16)17-20)18-8-2-4-12(18)5-3-9-19/h6-7,10,12,19-20H,2-5,8-9H2,1H3,(H2,16,17). The highest BCUT2D eigenvalue weighted by molar-refractivity contribution is 6.02. The van der Waals surface area contributed by atoms with E-state index in [0.717, 1.165) is 49.0 Å². The normalized spacial score (nSPS) is 19.6. The second-order valence-corrected chi connectivity index (χ2v) is 5.36. The second-order valence-electron chi connectivity index (χ2n) is 5.36. The number of aliphatic hydroxyl groups is 1. The average Bonchev–Trinajstić information content (AvgIpc) is 2.92. The maximum absolute atomic E-state index is 9.01. The summed E-state index contributed by atoms with van der Waals surface area (Å²) in [6.07, 6.45) is 4.05. The van der Waals surface area contributed by atoms with Gasteiger partial charge in [0.15, 0.2) is 5.84 Å². The Bertz CT molecular complexity index is 488. The summed E-state index contributed by atoms with van der Waals surface area (Å²) in [5.41, 5.74) is 8.70. The van der Waals surface area contributed by atoms with Crippen molar-refractivity contribution in [2.75, 3.05) is 18.1 Å². The Balaban J connectivity index is 2.31. The van der Waals surface area contributed by atoms with Gasteiger partial charge in [-0.2, -0.15) is 0 Å². The van der Waals surface area contributed by atoms with Crippen LogP contribution in [-0.2, 0) is 0 Å². The monoisotopic (exact) mass is 277 g/mol. The Labute approximate surface area is 119 Å². The summed E-state index contributed by atoms with van der Waals surface area (Å²) in [5, 5.41) is 21.1. The Morgan fingerprint density at radius 3 is 3.00 bits per heavy atom. The molecule has 0 bridgehead atoms. The Kier molecular flexibility index (Phi) is 4.84. The van der Waals surface area contributed by atoms with Gasteiger partial charge in [0.25, 0.3) is 0 Å². The van der Waals surface area contributed by atoms with Crippen molar-refractivity contribution in [2.45, 2.75) is 38.6 Å². The van der Waals surface area contributed by atoms with Gasteiger partial charge < -0.3 is 20.9 Å². The van der Waals surface area contributed by atoms with Gasteiger partial charge in [0.2, 0.25) is 0 Å². The molecule has 1 aromatic carbocycles. The number of aliphatic hydroxyl groups excluding tert-OH is 1. The number of aryl methyl sites for hydroxylation is 1. The molecule has 20 heavy (non-hydrogen) atoms. The molecule has 4 N–H and O–H groups in total. The van der Waals surface area contributed by atoms with Crippen molar-refractivity contribution < 1.29 is 10.3 Å². The number of anilines is 1. The predicted octanol–water partition coefficient (Wildman–Crippen LogP) is 1.83. The SMILES string of the molecule is Cc1ccc(N2CCCC2CCCO)c(/C(N)=N/O)c1. The van der Waals surface area contributed by atoms with Crippen LogP contribution in [-0.4, -0.2) is 35.3 Å². The molecule has 110 valence electrons. The van der Waals surface area contributed by atoms with Crippen molar-refractivity contribution in [1.29, 1.82) is 0 Å². The van der Waals surface area contributed by atoms with Gasteiger partial charge in [0, 0.05) is 30.4 Å². The maximum Gasteiger partial charge on any atom is 0.172 e. The van der Waals surface area contributed by atoms with Gasteiger partial charge >= 0.3 is 0 Å². The van der Waals surface area contributed by atoms with Crippen molar-refractivity contribution in [3.8, 4) is 0 Å². The molecule has 1 heterocycles. The van der Waals surface area contributed by atoms with Gasteiger partial charge in [0.1, 0.15) is 0 Å². The largest absolute Gasteiger partial charge is 0.409 e. The fourth-order valence-electron chi connectivity index (χ4n) is 2.94. The highest BCUT2D eigenvalue weighted by atomic mass is 16.4. The van der Waals surface area contributed by atoms with Crippen molar-refractivity contribution in [1.82, 2.24) is 0 Å². The van der Waals surface area contributed by atoms with E-state index < -0.39 is 0 Å². The molecule has 1 atom stereocenters. The summed E-state index contributed by atoms with van der Waals surface area (Å²) < 4.78 is 0. The minimum absolute atomic E-state index is 0.150. The topological polar surface area (TPSA) is 82.1 Å². The van der Waals surface area contributed by atoms with Crippen LogP contribution in [0.5, 0.6) is 0 Å². The third-order valence-electron chi connectivity index (χ3n) is 3.92. The zero-order chi connectivity index (χ0) is 14.5. The van der Waals surface area contributed by atoms with Gasteiger partial charge in [0.05, 0.1) is 0 Å². The molecule has 1 aliphatic rings. The van der Waals surface area contributed by atoms with Gasteiger partial charge in [-0.15, -0.1) is 0 Å². The van der Waals surface area contributed by atoms with Crippen LogP contribution in [0.3, 0.4) is 0 Å². The number of rotatable bonds is 5. The van der Waals surface area contributed by atoms with Crippen LogP contribution in [0.15, 0.2) is 23.4 Å². The molecular weight excluding hydrogens is 254 g/mol. The lowest BCUT2D eigenvalue weighted by molar-refractivity contribution is 0.279. The van der Waals surface area contributed by atoms with Crippen LogP contribution < -0.4 is 10.6 Å². The van der Waals surface area contributed by atoms with Crippen LogP contribution in [0.1, 0.15) is 36.8 Å². The molecule has 1 aromatic rings. The lowest BCUT2D eigenvalue weighted by atomic mass is 10.0. The third-order valence-corrected chi connectivity index (χ3v) is 3.92. The molecule has 1 fully saturated rings. The van der Waals surface area contributed by atoms with Crippen molar-refractivity contribution in [3.63, 3.8) is 0 Å². The summed E-state index contributed by atoms with van der Waals surface area (Å²) in [7, 11) is 0. The number of nitrogens with zero attached hydrogens (tertiary/aromatic N) is 2. The molecule has 0 saturated carbocycles. The number of benzene rings is 1. The fraction of sp³-hybridized carbons (Fsp3) is 0.533. The molecule has 1 saturated heterocycles. The van der Waals surface area contributed by atoms with E-state index in [1.807, 2.05) is 25.1 Å². The first-order valence-electron chi connectivity index (χ1n) is 7.13. The predicted molar refractivity (Wildman–Crippen MR) is 80.4 cm³/mol. The molecule has 0 spiro atoms. The van der Waals surface area contributed by atoms with E-state index in [9.17, 15) is 0 Å². The Hall–Kier alpha value is -1.75. The smallest absolute Gasteiger partial charge is 0.172 e. The molecule has 0 aliphatic carbocycles. The molecule has 0 amide bonds. The van der Waals surface area contributed by atoms with Gasteiger partial charge in [-0.05, 0) is 44.7 Å². The van der Waals surface area contributed by atoms with E-state index in [-0.39, 0.29) is 12.4 Å². The van der Waals surface area contributed by atoms with E-state index >= 15 is 0 Å². The molecule has 1 aliphatic heterocycles.